The Kier molecular flexibility index (Phi) is 6.92. The van der Waals surface area contributed by atoms with Crippen LogP contribution in [0.4, 0.5) is 10.1 Å². The zero-order valence-electron chi connectivity index (χ0n) is 20.5. The number of hydrogen-bond acceptors (Lipinski definition) is 4. The van der Waals surface area contributed by atoms with Gasteiger partial charge in [0.2, 0.25) is 12.0 Å². The molecule has 0 unspecified atom stereocenters. The molecular formula is C28H26BrFN4O4. The van der Waals surface area contributed by atoms with Crippen molar-refractivity contribution in [2.24, 2.45) is 0 Å². The van der Waals surface area contributed by atoms with Crippen LogP contribution in [0.5, 0.6) is 0 Å². The van der Waals surface area contributed by atoms with Crippen LogP contribution >= 0.6 is 0 Å². The molecule has 0 spiro atoms. The lowest BCUT2D eigenvalue weighted by Gasteiger charge is -2.36. The maximum Gasteiger partial charge on any atom is 0.341 e. The molecule has 3 heterocycles. The minimum atomic E-state index is -1.31. The number of piperazine rings is 1. The fourth-order valence-corrected chi connectivity index (χ4v) is 5.14. The van der Waals surface area contributed by atoms with E-state index in [2.05, 4.69) is 0 Å². The second kappa shape index (κ2) is 10.2. The zero-order chi connectivity index (χ0) is 25.7. The predicted molar refractivity (Wildman–Crippen MR) is 136 cm³/mol. The Labute approximate surface area is 228 Å². The van der Waals surface area contributed by atoms with E-state index in [1.807, 2.05) is 52.2 Å². The minimum Gasteiger partial charge on any atom is -1.00 e. The van der Waals surface area contributed by atoms with E-state index in [0.717, 1.165) is 29.7 Å². The first kappa shape index (κ1) is 25.8. The molecular weight excluding hydrogens is 555 g/mol. The fourth-order valence-electron chi connectivity index (χ4n) is 5.14. The minimum absolute atomic E-state index is 0. The molecule has 6 rings (SSSR count). The van der Waals surface area contributed by atoms with Crippen LogP contribution < -0.4 is 31.9 Å². The van der Waals surface area contributed by atoms with Gasteiger partial charge in [0, 0.05) is 55.3 Å². The van der Waals surface area contributed by atoms with Crippen LogP contribution in [0.25, 0.3) is 21.7 Å². The number of rotatable bonds is 5. The second-order valence-electron chi connectivity index (χ2n) is 9.75. The Hall–Kier alpha value is -3.79. The van der Waals surface area contributed by atoms with E-state index in [1.165, 1.54) is 6.20 Å². The number of hydrogen-bond donors (Lipinski definition) is 1. The number of carboxylic acids is 1. The van der Waals surface area contributed by atoms with Crippen molar-refractivity contribution in [2.75, 3.05) is 31.1 Å². The first-order valence-corrected chi connectivity index (χ1v) is 12.4. The van der Waals surface area contributed by atoms with E-state index in [4.69, 9.17) is 0 Å². The van der Waals surface area contributed by atoms with E-state index in [-0.39, 0.29) is 46.4 Å². The van der Waals surface area contributed by atoms with E-state index < -0.39 is 17.2 Å². The number of fused-ring (bicyclic) bond motifs is 2. The molecule has 4 aromatic rings. The molecule has 1 aliphatic carbocycles. The Morgan fingerprint density at radius 3 is 2.42 bits per heavy atom. The number of pyridine rings is 2. The molecule has 2 aromatic heterocycles. The Morgan fingerprint density at radius 1 is 1.03 bits per heavy atom. The highest BCUT2D eigenvalue weighted by Crippen LogP contribution is 2.38. The summed E-state index contributed by atoms with van der Waals surface area (Å²) >= 11 is 0. The van der Waals surface area contributed by atoms with Crippen LogP contribution in [0.2, 0.25) is 0 Å². The van der Waals surface area contributed by atoms with Crippen molar-refractivity contribution in [3.8, 4) is 0 Å². The molecule has 2 aromatic carbocycles. The van der Waals surface area contributed by atoms with Gasteiger partial charge in [0.15, 0.2) is 12.4 Å². The molecule has 38 heavy (non-hydrogen) atoms. The van der Waals surface area contributed by atoms with Gasteiger partial charge in [-0.05, 0) is 36.4 Å². The number of halogens is 2. The summed E-state index contributed by atoms with van der Waals surface area (Å²) in [5.74, 6) is -1.88. The standard InChI is InChI=1S/C28H25FN4O4.BrH/c29-23-13-21-24(33(20-5-6-20)16-22(27(21)35)28(36)37)14-25(23)31-9-11-32(12-10-31)26(34)17-30-8-7-18-3-1-2-4-19(18)15-30;/h1-4,7-8,13-16,20H,5-6,9-12,17H2;1H. The van der Waals surface area contributed by atoms with Gasteiger partial charge in [-0.3, -0.25) is 9.59 Å². The van der Waals surface area contributed by atoms with Crippen LogP contribution in [0, 0.1) is 5.82 Å². The molecule has 1 N–H and O–H groups in total. The van der Waals surface area contributed by atoms with Crippen molar-refractivity contribution in [1.82, 2.24) is 9.47 Å². The van der Waals surface area contributed by atoms with Crippen LogP contribution in [0.15, 0.2) is 65.8 Å². The van der Waals surface area contributed by atoms with Crippen LogP contribution in [-0.2, 0) is 11.3 Å². The van der Waals surface area contributed by atoms with E-state index >= 15 is 4.39 Å². The second-order valence-corrected chi connectivity index (χ2v) is 9.75. The van der Waals surface area contributed by atoms with E-state index in [9.17, 15) is 19.5 Å². The average Bonchev–Trinajstić information content (AvgIpc) is 3.74. The van der Waals surface area contributed by atoms with Crippen molar-refractivity contribution in [2.45, 2.75) is 25.4 Å². The molecule has 0 radical (unpaired) electrons. The Bertz CT molecular complexity index is 1630. The number of carbonyl (C=O) groups excluding carboxylic acids is 1. The summed E-state index contributed by atoms with van der Waals surface area (Å²) in [4.78, 5) is 40.9. The van der Waals surface area contributed by atoms with Gasteiger partial charge in [-0.25, -0.2) is 9.18 Å². The number of aromatic carboxylic acids is 1. The van der Waals surface area contributed by atoms with Gasteiger partial charge < -0.3 is 36.5 Å². The summed E-state index contributed by atoms with van der Waals surface area (Å²) in [6.07, 6.45) is 7.02. The molecule has 2 aliphatic rings. The number of aromatic nitrogens is 2. The molecule has 0 atom stereocenters. The number of amides is 1. The third-order valence-electron chi connectivity index (χ3n) is 7.31. The molecule has 0 bridgehead atoms. The lowest BCUT2D eigenvalue weighted by Crippen LogP contribution is -3.00. The van der Waals surface area contributed by atoms with Gasteiger partial charge in [-0.1, -0.05) is 18.2 Å². The molecule has 1 saturated heterocycles. The number of carboxylic acid groups (broad SMARTS) is 1. The molecule has 1 aliphatic heterocycles. The highest BCUT2D eigenvalue weighted by molar-refractivity contribution is 5.93. The quantitative estimate of drug-likeness (QED) is 0.335. The first-order valence-electron chi connectivity index (χ1n) is 12.4. The Balaban J connectivity index is 0.00000294. The fraction of sp³-hybridized carbons (Fsp3) is 0.286. The van der Waals surface area contributed by atoms with Gasteiger partial charge in [0.25, 0.3) is 5.91 Å². The normalized spacial score (nSPS) is 15.5. The maximum absolute atomic E-state index is 15.2. The van der Waals surface area contributed by atoms with Gasteiger partial charge in [0.1, 0.15) is 11.4 Å². The third-order valence-corrected chi connectivity index (χ3v) is 7.31. The molecule has 196 valence electrons. The van der Waals surface area contributed by atoms with Gasteiger partial charge in [-0.2, -0.15) is 4.57 Å². The summed E-state index contributed by atoms with van der Waals surface area (Å²) in [6, 6.07) is 12.9. The monoisotopic (exact) mass is 580 g/mol. The van der Waals surface area contributed by atoms with Gasteiger partial charge in [-0.15, -0.1) is 0 Å². The zero-order valence-corrected chi connectivity index (χ0v) is 22.1. The third kappa shape index (κ3) is 4.76. The average molecular weight is 581 g/mol. The number of benzene rings is 2. The summed E-state index contributed by atoms with van der Waals surface area (Å²) in [5, 5.41) is 11.7. The van der Waals surface area contributed by atoms with Crippen molar-refractivity contribution >= 4 is 39.2 Å². The van der Waals surface area contributed by atoms with Crippen LogP contribution in [0.3, 0.4) is 0 Å². The van der Waals surface area contributed by atoms with Crippen molar-refractivity contribution < 1.29 is 40.6 Å². The number of carbonyl (C=O) groups is 2. The van der Waals surface area contributed by atoms with Crippen molar-refractivity contribution in [1.29, 1.82) is 0 Å². The van der Waals surface area contributed by atoms with Crippen LogP contribution in [0.1, 0.15) is 29.2 Å². The van der Waals surface area contributed by atoms with Crippen LogP contribution in [-0.4, -0.2) is 52.6 Å². The molecule has 2 fully saturated rings. The highest BCUT2D eigenvalue weighted by Gasteiger charge is 2.29. The largest absolute Gasteiger partial charge is 1.00 e. The SMILES string of the molecule is O=C(O)c1cn(C2CC2)c2cc(N3CCN(C(=O)C[n+]4ccc5ccccc5c4)CC3)c(F)cc2c1=O.[Br-]. The highest BCUT2D eigenvalue weighted by atomic mass is 79.9. The topological polar surface area (TPSA) is 86.7 Å². The molecule has 10 heteroatoms. The van der Waals surface area contributed by atoms with Crippen molar-refractivity contribution in [3.63, 3.8) is 0 Å². The summed E-state index contributed by atoms with van der Waals surface area (Å²) in [5.41, 5.74) is -0.116. The van der Waals surface area contributed by atoms with Crippen molar-refractivity contribution in [3.05, 3.63) is 82.7 Å². The molecule has 8 nitrogen and oxygen atoms in total. The van der Waals surface area contributed by atoms with Gasteiger partial charge >= 0.3 is 5.97 Å². The smallest absolute Gasteiger partial charge is 0.341 e. The summed E-state index contributed by atoms with van der Waals surface area (Å²) in [7, 11) is 0. The summed E-state index contributed by atoms with van der Waals surface area (Å²) in [6.45, 7) is 2.05. The van der Waals surface area contributed by atoms with Gasteiger partial charge in [0.05, 0.1) is 11.2 Å². The van der Waals surface area contributed by atoms with E-state index in [0.29, 0.717) is 37.4 Å². The lowest BCUT2D eigenvalue weighted by atomic mass is 10.1. The number of anilines is 1. The molecule has 1 saturated carbocycles. The lowest BCUT2D eigenvalue weighted by molar-refractivity contribution is -0.683. The summed E-state index contributed by atoms with van der Waals surface area (Å²) < 4.78 is 18.9. The molecule has 1 amide bonds. The Morgan fingerprint density at radius 2 is 1.74 bits per heavy atom. The van der Waals surface area contributed by atoms with E-state index in [1.54, 1.807) is 15.5 Å². The number of nitrogens with zero attached hydrogens (tertiary/aromatic N) is 4. The predicted octanol–water partition coefficient (Wildman–Crippen LogP) is -0.0328. The maximum atomic E-state index is 15.2. The first-order chi connectivity index (χ1) is 17.9.